The third-order valence-electron chi connectivity index (χ3n) is 5.91. The van der Waals surface area contributed by atoms with Crippen LogP contribution in [0.25, 0.3) is 0 Å². The van der Waals surface area contributed by atoms with Crippen molar-refractivity contribution in [2.75, 3.05) is 52.9 Å². The summed E-state index contributed by atoms with van der Waals surface area (Å²) in [4.78, 5) is 40.0. The van der Waals surface area contributed by atoms with Crippen LogP contribution >= 0.6 is 0 Å². The number of benzene rings is 1. The van der Waals surface area contributed by atoms with Gasteiger partial charge >= 0.3 is 6.09 Å². The first-order valence-corrected chi connectivity index (χ1v) is 12.1. The fraction of sp³-hybridized carbons (Fsp3) is 0.640. The van der Waals surface area contributed by atoms with Crippen molar-refractivity contribution >= 4 is 17.9 Å². The molecule has 1 aliphatic heterocycles. The maximum Gasteiger partial charge on any atom is 0.407 e. The van der Waals surface area contributed by atoms with Crippen molar-refractivity contribution in [3.8, 4) is 0 Å². The SMILES string of the molecule is CC(C)C(=O)NCCNC(=O)OCc1cccc(C2CN(CCNC(=O)C(C)C)CCN2C)c1. The summed E-state index contributed by atoms with van der Waals surface area (Å²) in [6.45, 7) is 12.6. The quantitative estimate of drug-likeness (QED) is 0.422. The lowest BCUT2D eigenvalue weighted by atomic mass is 10.0. The highest BCUT2D eigenvalue weighted by molar-refractivity contribution is 5.78. The van der Waals surface area contributed by atoms with Gasteiger partial charge in [-0.1, -0.05) is 52.0 Å². The van der Waals surface area contributed by atoms with E-state index in [0.717, 1.165) is 31.7 Å². The average molecular weight is 476 g/mol. The van der Waals surface area contributed by atoms with Crippen LogP contribution in [0, 0.1) is 11.8 Å². The normalized spacial score (nSPS) is 17.0. The van der Waals surface area contributed by atoms with Crippen molar-refractivity contribution in [3.05, 3.63) is 35.4 Å². The van der Waals surface area contributed by atoms with E-state index in [-0.39, 0.29) is 36.3 Å². The molecule has 1 unspecified atom stereocenters. The molecular weight excluding hydrogens is 434 g/mol. The Morgan fingerprint density at radius 1 is 0.971 bits per heavy atom. The van der Waals surface area contributed by atoms with E-state index in [0.29, 0.717) is 19.6 Å². The van der Waals surface area contributed by atoms with Gasteiger partial charge < -0.3 is 20.7 Å². The number of rotatable bonds is 11. The van der Waals surface area contributed by atoms with Crippen LogP contribution in [0.4, 0.5) is 4.79 Å². The number of nitrogens with zero attached hydrogens (tertiary/aromatic N) is 2. The summed E-state index contributed by atoms with van der Waals surface area (Å²) in [5, 5.41) is 8.39. The van der Waals surface area contributed by atoms with E-state index < -0.39 is 6.09 Å². The second-order valence-electron chi connectivity index (χ2n) is 9.44. The lowest BCUT2D eigenvalue weighted by Crippen LogP contribution is -2.48. The summed E-state index contributed by atoms with van der Waals surface area (Å²) < 4.78 is 5.34. The zero-order valence-corrected chi connectivity index (χ0v) is 21.2. The number of hydrogen-bond donors (Lipinski definition) is 3. The van der Waals surface area contributed by atoms with E-state index in [2.05, 4.69) is 44.9 Å². The molecule has 1 aliphatic rings. The average Bonchev–Trinajstić information content (AvgIpc) is 2.81. The molecule has 190 valence electrons. The first-order chi connectivity index (χ1) is 16.2. The van der Waals surface area contributed by atoms with Gasteiger partial charge in [-0.25, -0.2) is 4.79 Å². The van der Waals surface area contributed by atoms with Crippen LogP contribution in [0.15, 0.2) is 24.3 Å². The molecule has 1 atom stereocenters. The molecule has 1 fully saturated rings. The van der Waals surface area contributed by atoms with Crippen molar-refractivity contribution in [2.45, 2.75) is 40.3 Å². The number of carbonyl (C=O) groups is 3. The summed E-state index contributed by atoms with van der Waals surface area (Å²) in [7, 11) is 2.12. The first kappa shape index (κ1) is 27.6. The number of alkyl carbamates (subject to hydrolysis) is 1. The van der Waals surface area contributed by atoms with Crippen LogP contribution in [0.3, 0.4) is 0 Å². The highest BCUT2D eigenvalue weighted by Gasteiger charge is 2.25. The van der Waals surface area contributed by atoms with E-state index in [4.69, 9.17) is 4.74 Å². The third kappa shape index (κ3) is 9.30. The fourth-order valence-corrected chi connectivity index (χ4v) is 3.68. The third-order valence-corrected chi connectivity index (χ3v) is 5.91. The maximum absolute atomic E-state index is 12.0. The number of likely N-dealkylation sites (N-methyl/N-ethyl adjacent to an activating group) is 1. The van der Waals surface area contributed by atoms with Gasteiger partial charge in [-0.3, -0.25) is 19.4 Å². The van der Waals surface area contributed by atoms with Crippen LogP contribution in [0.1, 0.15) is 44.9 Å². The standard InChI is InChI=1S/C25H41N5O4/c1-18(2)23(31)26-9-10-28-25(33)34-17-20-7-6-8-21(15-20)22-16-30(14-13-29(22)5)12-11-27-24(32)19(3)4/h6-8,15,18-19,22H,9-14,16-17H2,1-5H3,(H,26,31)(H,27,32)(H,28,33). The Balaban J connectivity index is 1.80. The highest BCUT2D eigenvalue weighted by Crippen LogP contribution is 2.25. The monoisotopic (exact) mass is 475 g/mol. The topological polar surface area (TPSA) is 103 Å². The number of amides is 3. The molecule has 9 heteroatoms. The van der Waals surface area contributed by atoms with E-state index >= 15 is 0 Å². The van der Waals surface area contributed by atoms with Crippen molar-refractivity contribution in [3.63, 3.8) is 0 Å². The minimum atomic E-state index is -0.506. The van der Waals surface area contributed by atoms with Gasteiger partial charge in [0.05, 0.1) is 0 Å². The van der Waals surface area contributed by atoms with Crippen molar-refractivity contribution in [1.82, 2.24) is 25.8 Å². The predicted molar refractivity (Wildman–Crippen MR) is 132 cm³/mol. The summed E-state index contributed by atoms with van der Waals surface area (Å²) in [5.41, 5.74) is 2.10. The Morgan fingerprint density at radius 3 is 2.29 bits per heavy atom. The van der Waals surface area contributed by atoms with Gasteiger partial charge in [-0.05, 0) is 18.2 Å². The van der Waals surface area contributed by atoms with Crippen LogP contribution in [-0.2, 0) is 20.9 Å². The number of ether oxygens (including phenoxy) is 1. The molecule has 9 nitrogen and oxygen atoms in total. The van der Waals surface area contributed by atoms with Gasteiger partial charge in [0.15, 0.2) is 0 Å². The Kier molecular flexibility index (Phi) is 11.3. The number of hydrogen-bond acceptors (Lipinski definition) is 6. The summed E-state index contributed by atoms with van der Waals surface area (Å²) >= 11 is 0. The lowest BCUT2D eigenvalue weighted by molar-refractivity contribution is -0.124. The number of nitrogens with one attached hydrogen (secondary N) is 3. The van der Waals surface area contributed by atoms with Gasteiger partial charge in [0.1, 0.15) is 6.61 Å². The smallest absolute Gasteiger partial charge is 0.407 e. The Labute approximate surface area is 203 Å². The maximum atomic E-state index is 12.0. The number of carbonyl (C=O) groups excluding carboxylic acids is 3. The van der Waals surface area contributed by atoms with Crippen molar-refractivity contribution < 1.29 is 19.1 Å². The minimum absolute atomic E-state index is 0.00183. The molecule has 34 heavy (non-hydrogen) atoms. The second kappa shape index (κ2) is 13.9. The summed E-state index contributed by atoms with van der Waals surface area (Å²) in [6, 6.07) is 8.35. The highest BCUT2D eigenvalue weighted by atomic mass is 16.5. The summed E-state index contributed by atoms with van der Waals surface area (Å²) in [5.74, 6) is -0.0421. The molecule has 0 radical (unpaired) electrons. The second-order valence-corrected chi connectivity index (χ2v) is 9.44. The molecule has 2 rings (SSSR count). The van der Waals surface area contributed by atoms with Crippen LogP contribution in [-0.4, -0.2) is 80.6 Å². The zero-order chi connectivity index (χ0) is 25.1. The Morgan fingerprint density at radius 2 is 1.62 bits per heavy atom. The molecule has 0 saturated carbocycles. The zero-order valence-electron chi connectivity index (χ0n) is 21.2. The Bertz CT molecular complexity index is 814. The molecule has 1 heterocycles. The van der Waals surface area contributed by atoms with Gasteiger partial charge in [-0.15, -0.1) is 0 Å². The molecule has 1 aromatic rings. The van der Waals surface area contributed by atoms with E-state index in [1.165, 1.54) is 5.56 Å². The Hall–Kier alpha value is -2.65. The van der Waals surface area contributed by atoms with Crippen molar-refractivity contribution in [1.29, 1.82) is 0 Å². The molecule has 1 aromatic carbocycles. The molecule has 0 spiro atoms. The molecule has 3 N–H and O–H groups in total. The lowest BCUT2D eigenvalue weighted by Gasteiger charge is -2.40. The van der Waals surface area contributed by atoms with E-state index in [1.807, 2.05) is 39.8 Å². The fourth-order valence-electron chi connectivity index (χ4n) is 3.68. The number of piperazine rings is 1. The van der Waals surface area contributed by atoms with Crippen LogP contribution in [0.5, 0.6) is 0 Å². The van der Waals surface area contributed by atoms with Gasteiger partial charge in [0, 0.05) is 63.7 Å². The van der Waals surface area contributed by atoms with Crippen LogP contribution in [0.2, 0.25) is 0 Å². The minimum Gasteiger partial charge on any atom is -0.445 e. The molecule has 0 aliphatic carbocycles. The van der Waals surface area contributed by atoms with E-state index in [1.54, 1.807) is 0 Å². The van der Waals surface area contributed by atoms with Gasteiger partial charge in [0.2, 0.25) is 11.8 Å². The van der Waals surface area contributed by atoms with Crippen molar-refractivity contribution in [2.24, 2.45) is 11.8 Å². The molecule has 0 bridgehead atoms. The van der Waals surface area contributed by atoms with Gasteiger partial charge in [0.25, 0.3) is 0 Å². The van der Waals surface area contributed by atoms with Crippen LogP contribution < -0.4 is 16.0 Å². The molecular formula is C25H41N5O4. The van der Waals surface area contributed by atoms with E-state index in [9.17, 15) is 14.4 Å². The van der Waals surface area contributed by atoms with Gasteiger partial charge in [-0.2, -0.15) is 0 Å². The largest absolute Gasteiger partial charge is 0.445 e. The summed E-state index contributed by atoms with van der Waals surface area (Å²) in [6.07, 6.45) is -0.506. The predicted octanol–water partition coefficient (Wildman–Crippen LogP) is 1.75. The molecule has 0 aromatic heterocycles. The molecule has 1 saturated heterocycles. The first-order valence-electron chi connectivity index (χ1n) is 12.1. The molecule has 3 amide bonds.